The van der Waals surface area contributed by atoms with Crippen LogP contribution < -0.4 is 5.73 Å². The van der Waals surface area contributed by atoms with Gasteiger partial charge < -0.3 is 10.6 Å². The van der Waals surface area contributed by atoms with E-state index in [0.29, 0.717) is 18.0 Å². The number of carbonyl (C=O) groups excluding carboxylic acids is 1. The van der Waals surface area contributed by atoms with Crippen LogP contribution in [0.2, 0.25) is 5.02 Å². The highest BCUT2D eigenvalue weighted by atomic mass is 79.9. The molecule has 5 heteroatoms. The first-order chi connectivity index (χ1) is 8.54. The van der Waals surface area contributed by atoms with E-state index in [1.54, 1.807) is 0 Å². The molecule has 18 heavy (non-hydrogen) atoms. The van der Waals surface area contributed by atoms with Crippen LogP contribution in [0.15, 0.2) is 22.7 Å². The maximum absolute atomic E-state index is 11.9. The van der Waals surface area contributed by atoms with Crippen molar-refractivity contribution in [2.24, 2.45) is 5.73 Å². The van der Waals surface area contributed by atoms with Gasteiger partial charge in [-0.05, 0) is 47.0 Å². The molecule has 0 aromatic heterocycles. The zero-order valence-corrected chi connectivity index (χ0v) is 12.5. The summed E-state index contributed by atoms with van der Waals surface area (Å²) in [5.41, 5.74) is 7.18. The molecule has 1 aliphatic rings. The molecule has 1 fully saturated rings. The van der Waals surface area contributed by atoms with E-state index in [0.717, 1.165) is 16.5 Å². The summed E-state index contributed by atoms with van der Waals surface area (Å²) in [5.74, 6) is 0.170. The summed E-state index contributed by atoms with van der Waals surface area (Å²) < 4.78 is 0.853. The number of halogens is 2. The number of amides is 1. The first-order valence-corrected chi connectivity index (χ1v) is 7.21. The smallest absolute Gasteiger partial charge is 0.223 e. The van der Waals surface area contributed by atoms with Gasteiger partial charge in [-0.3, -0.25) is 4.79 Å². The van der Waals surface area contributed by atoms with E-state index in [-0.39, 0.29) is 18.0 Å². The predicted octanol–water partition coefficient (Wildman–Crippen LogP) is 3.11. The monoisotopic (exact) mass is 330 g/mol. The Morgan fingerprint density at radius 2 is 2.28 bits per heavy atom. The second kappa shape index (κ2) is 5.59. The van der Waals surface area contributed by atoms with Crippen LogP contribution in [0, 0.1) is 0 Å². The SMILES string of the molecule is CCN1C(=O)CCC(N)C1c1ccc(Br)c(Cl)c1. The van der Waals surface area contributed by atoms with E-state index in [9.17, 15) is 4.79 Å². The van der Waals surface area contributed by atoms with Crippen molar-refractivity contribution in [3.8, 4) is 0 Å². The highest BCUT2D eigenvalue weighted by Gasteiger charge is 2.33. The summed E-state index contributed by atoms with van der Waals surface area (Å²) in [4.78, 5) is 13.8. The average molecular weight is 332 g/mol. The molecule has 2 atom stereocenters. The van der Waals surface area contributed by atoms with Gasteiger partial charge in [0, 0.05) is 23.5 Å². The number of rotatable bonds is 2. The van der Waals surface area contributed by atoms with Crippen molar-refractivity contribution in [2.75, 3.05) is 6.54 Å². The maximum Gasteiger partial charge on any atom is 0.223 e. The summed E-state index contributed by atoms with van der Waals surface area (Å²) in [7, 11) is 0. The van der Waals surface area contributed by atoms with Crippen LogP contribution in [0.1, 0.15) is 31.4 Å². The maximum atomic E-state index is 11.9. The second-order valence-electron chi connectivity index (χ2n) is 4.50. The molecule has 2 unspecified atom stereocenters. The highest BCUT2D eigenvalue weighted by molar-refractivity contribution is 9.10. The van der Waals surface area contributed by atoms with Crippen LogP contribution in [-0.4, -0.2) is 23.4 Å². The number of likely N-dealkylation sites (N-methyl/N-ethyl adjacent to an activating group) is 1. The Kier molecular flexibility index (Phi) is 4.30. The Labute approximate surface area is 120 Å². The summed E-state index contributed by atoms with van der Waals surface area (Å²) >= 11 is 9.49. The Morgan fingerprint density at radius 1 is 1.56 bits per heavy atom. The molecule has 2 rings (SSSR count). The van der Waals surface area contributed by atoms with Gasteiger partial charge in [0.05, 0.1) is 11.1 Å². The molecular weight excluding hydrogens is 316 g/mol. The van der Waals surface area contributed by atoms with Crippen LogP contribution in [-0.2, 0) is 4.79 Å². The minimum atomic E-state index is -0.0677. The number of nitrogens with two attached hydrogens (primary N) is 1. The third-order valence-electron chi connectivity index (χ3n) is 3.38. The van der Waals surface area contributed by atoms with Gasteiger partial charge in [0.15, 0.2) is 0 Å². The van der Waals surface area contributed by atoms with E-state index in [4.69, 9.17) is 17.3 Å². The van der Waals surface area contributed by atoms with E-state index in [1.165, 1.54) is 0 Å². The molecule has 0 radical (unpaired) electrons. The van der Waals surface area contributed by atoms with Gasteiger partial charge in [-0.15, -0.1) is 0 Å². The van der Waals surface area contributed by atoms with Crippen LogP contribution >= 0.6 is 27.5 Å². The lowest BCUT2D eigenvalue weighted by Gasteiger charge is -2.39. The standard InChI is InChI=1S/C13H16BrClN2O/c1-2-17-12(18)6-5-11(16)13(17)8-3-4-9(14)10(15)7-8/h3-4,7,11,13H,2,5-6,16H2,1H3. The number of nitrogens with zero attached hydrogens (tertiary/aromatic N) is 1. The van der Waals surface area contributed by atoms with Gasteiger partial charge in [0.25, 0.3) is 0 Å². The van der Waals surface area contributed by atoms with Gasteiger partial charge in [-0.25, -0.2) is 0 Å². The zero-order chi connectivity index (χ0) is 13.3. The molecule has 1 aliphatic heterocycles. The van der Waals surface area contributed by atoms with E-state index >= 15 is 0 Å². The van der Waals surface area contributed by atoms with Crippen LogP contribution in [0.5, 0.6) is 0 Å². The Hall–Kier alpha value is -0.580. The van der Waals surface area contributed by atoms with Crippen LogP contribution in [0.4, 0.5) is 0 Å². The Bertz CT molecular complexity index is 466. The van der Waals surface area contributed by atoms with Crippen molar-refractivity contribution in [2.45, 2.75) is 31.8 Å². The topological polar surface area (TPSA) is 46.3 Å². The molecule has 1 saturated heterocycles. The van der Waals surface area contributed by atoms with Crippen molar-refractivity contribution >= 4 is 33.4 Å². The molecule has 0 aliphatic carbocycles. The van der Waals surface area contributed by atoms with Gasteiger partial charge in [-0.1, -0.05) is 17.7 Å². The van der Waals surface area contributed by atoms with Crippen LogP contribution in [0.25, 0.3) is 0 Å². The number of hydrogen-bond donors (Lipinski definition) is 1. The fourth-order valence-electron chi connectivity index (χ4n) is 2.47. The Morgan fingerprint density at radius 3 is 2.89 bits per heavy atom. The predicted molar refractivity (Wildman–Crippen MR) is 76.5 cm³/mol. The first-order valence-electron chi connectivity index (χ1n) is 6.04. The van der Waals surface area contributed by atoms with Gasteiger partial charge >= 0.3 is 0 Å². The lowest BCUT2D eigenvalue weighted by atomic mass is 9.90. The van der Waals surface area contributed by atoms with E-state index in [2.05, 4.69) is 15.9 Å². The van der Waals surface area contributed by atoms with Gasteiger partial charge in [-0.2, -0.15) is 0 Å². The minimum Gasteiger partial charge on any atom is -0.334 e. The van der Waals surface area contributed by atoms with Crippen molar-refractivity contribution in [3.63, 3.8) is 0 Å². The molecule has 1 heterocycles. The lowest BCUT2D eigenvalue weighted by molar-refractivity contribution is -0.137. The normalized spacial score (nSPS) is 24.4. The summed E-state index contributed by atoms with van der Waals surface area (Å²) in [6.45, 7) is 2.65. The fraction of sp³-hybridized carbons (Fsp3) is 0.462. The number of hydrogen-bond acceptors (Lipinski definition) is 2. The molecule has 1 aromatic rings. The number of carbonyl (C=O) groups is 1. The zero-order valence-electron chi connectivity index (χ0n) is 10.2. The summed E-state index contributed by atoms with van der Waals surface area (Å²) in [6.07, 6.45) is 1.27. The average Bonchev–Trinajstić information content (AvgIpc) is 2.35. The molecule has 2 N–H and O–H groups in total. The van der Waals surface area contributed by atoms with Gasteiger partial charge in [0.1, 0.15) is 0 Å². The molecule has 98 valence electrons. The molecule has 1 amide bonds. The number of likely N-dealkylation sites (tertiary alicyclic amines) is 1. The summed E-state index contributed by atoms with van der Waals surface area (Å²) in [5, 5.41) is 0.647. The van der Waals surface area contributed by atoms with E-state index < -0.39 is 0 Å². The lowest BCUT2D eigenvalue weighted by Crippen LogP contribution is -2.48. The van der Waals surface area contributed by atoms with E-state index in [1.807, 2.05) is 30.0 Å². The number of benzene rings is 1. The van der Waals surface area contributed by atoms with Gasteiger partial charge in [0.2, 0.25) is 5.91 Å². The third-order valence-corrected chi connectivity index (χ3v) is 4.61. The summed E-state index contributed by atoms with van der Waals surface area (Å²) in [6, 6.07) is 5.66. The largest absolute Gasteiger partial charge is 0.334 e. The third kappa shape index (κ3) is 2.56. The molecular formula is C13H16BrClN2O. The molecule has 0 bridgehead atoms. The molecule has 3 nitrogen and oxygen atoms in total. The molecule has 0 spiro atoms. The van der Waals surface area contributed by atoms with Crippen molar-refractivity contribution < 1.29 is 4.79 Å². The van der Waals surface area contributed by atoms with Crippen LogP contribution in [0.3, 0.4) is 0 Å². The Balaban J connectivity index is 2.38. The minimum absolute atomic E-state index is 0.0279. The second-order valence-corrected chi connectivity index (χ2v) is 5.76. The number of piperidine rings is 1. The quantitative estimate of drug-likeness (QED) is 0.905. The highest BCUT2D eigenvalue weighted by Crippen LogP contribution is 2.33. The van der Waals surface area contributed by atoms with Crippen molar-refractivity contribution in [1.82, 2.24) is 4.90 Å². The molecule has 1 aromatic carbocycles. The van der Waals surface area contributed by atoms with Crippen molar-refractivity contribution in [1.29, 1.82) is 0 Å². The first kappa shape index (κ1) is 13.8. The molecule has 0 saturated carbocycles. The fourth-order valence-corrected chi connectivity index (χ4v) is 2.91. The van der Waals surface area contributed by atoms with Crippen molar-refractivity contribution in [3.05, 3.63) is 33.3 Å².